The smallest absolute Gasteiger partial charge is 0.157 e. The average Bonchev–Trinajstić information content (AvgIpc) is 3.50. The third-order valence-corrected chi connectivity index (χ3v) is 9.19. The molecule has 7 heteroatoms. The number of ether oxygens (including phenoxy) is 1. The van der Waals surface area contributed by atoms with E-state index in [-0.39, 0.29) is 0 Å². The van der Waals surface area contributed by atoms with E-state index in [1.165, 1.54) is 6.26 Å². The Hall–Kier alpha value is -2.07. The minimum absolute atomic E-state index is 0.439. The van der Waals surface area contributed by atoms with Gasteiger partial charge in [0.05, 0.1) is 23.0 Å². The van der Waals surface area contributed by atoms with Crippen molar-refractivity contribution >= 4 is 21.4 Å². The number of likely N-dealkylation sites (tertiary alicyclic amines) is 1. The summed E-state index contributed by atoms with van der Waals surface area (Å²) >= 11 is 6.12. The fraction of sp³-hybridized carbons (Fsp3) is 0.480. The number of nitriles is 1. The molecule has 1 saturated carbocycles. The van der Waals surface area contributed by atoms with Gasteiger partial charge in [0.1, 0.15) is 5.75 Å². The number of rotatable bonds is 8. The first-order valence-corrected chi connectivity index (χ1v) is 13.3. The molecule has 0 radical (unpaired) electrons. The molecular formula is C25H29ClN2O3S. The lowest BCUT2D eigenvalue weighted by Crippen LogP contribution is -2.24. The highest BCUT2D eigenvalue weighted by molar-refractivity contribution is 7.92. The van der Waals surface area contributed by atoms with Gasteiger partial charge in [-0.3, -0.25) is 0 Å². The van der Waals surface area contributed by atoms with E-state index in [0.29, 0.717) is 41.9 Å². The van der Waals surface area contributed by atoms with Crippen LogP contribution in [0.4, 0.5) is 0 Å². The van der Waals surface area contributed by atoms with E-state index in [1.54, 1.807) is 6.07 Å². The molecule has 1 aliphatic carbocycles. The van der Waals surface area contributed by atoms with Gasteiger partial charge in [-0.1, -0.05) is 30.7 Å². The van der Waals surface area contributed by atoms with E-state index in [2.05, 4.69) is 17.9 Å². The molecule has 170 valence electrons. The van der Waals surface area contributed by atoms with Crippen LogP contribution in [0.5, 0.6) is 5.75 Å². The van der Waals surface area contributed by atoms with Crippen LogP contribution >= 0.6 is 11.6 Å². The molecule has 1 saturated heterocycles. The quantitative estimate of drug-likeness (QED) is 0.568. The highest BCUT2D eigenvalue weighted by Gasteiger charge is 2.53. The summed E-state index contributed by atoms with van der Waals surface area (Å²) in [6, 6.07) is 15.3. The van der Waals surface area contributed by atoms with Crippen molar-refractivity contribution in [2.45, 2.75) is 30.9 Å². The molecule has 2 fully saturated rings. The Morgan fingerprint density at radius 3 is 2.53 bits per heavy atom. The molecule has 1 heterocycles. The zero-order valence-electron chi connectivity index (χ0n) is 18.6. The second-order valence-electron chi connectivity index (χ2n) is 9.31. The van der Waals surface area contributed by atoms with Crippen LogP contribution in [0.2, 0.25) is 5.02 Å². The first-order chi connectivity index (χ1) is 15.2. The molecule has 5 nitrogen and oxygen atoms in total. The highest BCUT2D eigenvalue weighted by atomic mass is 35.5. The van der Waals surface area contributed by atoms with E-state index in [0.717, 1.165) is 42.9 Å². The van der Waals surface area contributed by atoms with Crippen LogP contribution in [-0.2, 0) is 21.0 Å². The zero-order valence-corrected chi connectivity index (χ0v) is 20.1. The SMILES string of the molecule is CC1CN(CCc2cc(Cl)cc(C#N)c2)CC1COc1ccc(C2(S(C)(=O)=O)CC2)cc1. The van der Waals surface area contributed by atoms with Crippen molar-refractivity contribution in [3.63, 3.8) is 0 Å². The summed E-state index contributed by atoms with van der Waals surface area (Å²) in [4.78, 5) is 2.44. The molecule has 0 spiro atoms. The van der Waals surface area contributed by atoms with Crippen LogP contribution in [0.15, 0.2) is 42.5 Å². The fourth-order valence-corrected chi connectivity index (χ4v) is 6.40. The standard InChI is InChI=1S/C25H29ClN2O3S/c1-18-15-28(10-7-19-11-20(14-27)13-23(26)12-19)16-21(18)17-31-24-5-3-22(4-6-24)25(8-9-25)32(2,29)30/h3-6,11-13,18,21H,7-10,15-17H2,1-2H3. The number of nitrogens with zero attached hydrogens (tertiary/aromatic N) is 2. The van der Waals surface area contributed by atoms with Gasteiger partial charge in [0.15, 0.2) is 9.84 Å². The summed E-state index contributed by atoms with van der Waals surface area (Å²) in [6.45, 7) is 5.82. The second-order valence-corrected chi connectivity index (χ2v) is 12.1. The lowest BCUT2D eigenvalue weighted by atomic mass is 9.99. The third-order valence-electron chi connectivity index (χ3n) is 6.91. The molecule has 1 aliphatic heterocycles. The van der Waals surface area contributed by atoms with Gasteiger partial charge in [-0.05, 0) is 66.6 Å². The lowest BCUT2D eigenvalue weighted by molar-refractivity contribution is 0.225. The van der Waals surface area contributed by atoms with Crippen molar-refractivity contribution in [2.75, 3.05) is 32.5 Å². The topological polar surface area (TPSA) is 70.4 Å². The molecule has 0 N–H and O–H groups in total. The molecule has 0 bridgehead atoms. The van der Waals surface area contributed by atoms with E-state index < -0.39 is 14.6 Å². The number of hydrogen-bond acceptors (Lipinski definition) is 5. The maximum absolute atomic E-state index is 12.1. The largest absolute Gasteiger partial charge is 0.493 e. The molecule has 0 amide bonds. The maximum Gasteiger partial charge on any atom is 0.157 e. The van der Waals surface area contributed by atoms with Gasteiger partial charge in [0, 0.05) is 36.8 Å². The predicted octanol–water partition coefficient (Wildman–Crippen LogP) is 4.43. The lowest BCUT2D eigenvalue weighted by Gasteiger charge is -2.18. The number of hydrogen-bond donors (Lipinski definition) is 0. The normalized spacial score (nSPS) is 22.4. The van der Waals surface area contributed by atoms with E-state index in [4.69, 9.17) is 21.6 Å². The van der Waals surface area contributed by atoms with Gasteiger partial charge in [0.25, 0.3) is 0 Å². The predicted molar refractivity (Wildman–Crippen MR) is 127 cm³/mol. The van der Waals surface area contributed by atoms with Gasteiger partial charge in [-0.2, -0.15) is 5.26 Å². The minimum atomic E-state index is -3.10. The van der Waals surface area contributed by atoms with Crippen molar-refractivity contribution < 1.29 is 13.2 Å². The van der Waals surface area contributed by atoms with Gasteiger partial charge in [-0.25, -0.2) is 8.42 Å². The Balaban J connectivity index is 1.29. The molecule has 0 aromatic heterocycles. The van der Waals surface area contributed by atoms with Crippen LogP contribution in [-0.4, -0.2) is 45.8 Å². The van der Waals surface area contributed by atoms with E-state index in [1.807, 2.05) is 36.4 Å². The van der Waals surface area contributed by atoms with Gasteiger partial charge in [0.2, 0.25) is 0 Å². The minimum Gasteiger partial charge on any atom is -0.493 e. The van der Waals surface area contributed by atoms with Crippen LogP contribution in [0.25, 0.3) is 0 Å². The molecule has 2 aromatic rings. The summed E-state index contributed by atoms with van der Waals surface area (Å²) in [5, 5.41) is 9.73. The summed E-state index contributed by atoms with van der Waals surface area (Å²) in [5.74, 6) is 1.75. The summed E-state index contributed by atoms with van der Waals surface area (Å²) in [6.07, 6.45) is 3.59. The number of sulfone groups is 1. The Labute approximate surface area is 195 Å². The molecule has 2 aromatic carbocycles. The molecular weight excluding hydrogens is 444 g/mol. The molecule has 32 heavy (non-hydrogen) atoms. The Kier molecular flexibility index (Phi) is 6.53. The molecule has 4 rings (SSSR count). The number of benzene rings is 2. The molecule has 2 aliphatic rings. The maximum atomic E-state index is 12.1. The Morgan fingerprint density at radius 2 is 1.91 bits per heavy atom. The molecule has 2 atom stereocenters. The highest BCUT2D eigenvalue weighted by Crippen LogP contribution is 2.52. The summed E-state index contributed by atoms with van der Waals surface area (Å²) < 4.78 is 29.6. The van der Waals surface area contributed by atoms with Crippen molar-refractivity contribution in [3.05, 3.63) is 64.2 Å². The summed E-state index contributed by atoms with van der Waals surface area (Å²) in [7, 11) is -3.10. The van der Waals surface area contributed by atoms with Gasteiger partial charge >= 0.3 is 0 Å². The van der Waals surface area contributed by atoms with Crippen LogP contribution < -0.4 is 4.74 Å². The third kappa shape index (κ3) is 4.96. The van der Waals surface area contributed by atoms with Crippen molar-refractivity contribution in [2.24, 2.45) is 11.8 Å². The average molecular weight is 473 g/mol. The summed E-state index contributed by atoms with van der Waals surface area (Å²) in [5.41, 5.74) is 2.56. The first kappa shape index (κ1) is 23.1. The fourth-order valence-electron chi connectivity index (χ4n) is 4.73. The van der Waals surface area contributed by atoms with Crippen LogP contribution in [0.3, 0.4) is 0 Å². The van der Waals surface area contributed by atoms with Crippen LogP contribution in [0, 0.1) is 23.2 Å². The Bertz CT molecular complexity index is 1120. The van der Waals surface area contributed by atoms with Gasteiger partial charge < -0.3 is 9.64 Å². The van der Waals surface area contributed by atoms with Crippen molar-refractivity contribution in [1.29, 1.82) is 5.26 Å². The van der Waals surface area contributed by atoms with Crippen molar-refractivity contribution in [3.8, 4) is 11.8 Å². The van der Waals surface area contributed by atoms with E-state index in [9.17, 15) is 8.42 Å². The van der Waals surface area contributed by atoms with Crippen LogP contribution in [0.1, 0.15) is 36.5 Å². The molecule has 2 unspecified atom stereocenters. The van der Waals surface area contributed by atoms with Gasteiger partial charge in [-0.15, -0.1) is 0 Å². The van der Waals surface area contributed by atoms with E-state index >= 15 is 0 Å². The monoisotopic (exact) mass is 472 g/mol. The Morgan fingerprint density at radius 1 is 1.19 bits per heavy atom. The van der Waals surface area contributed by atoms with Crippen molar-refractivity contribution in [1.82, 2.24) is 4.90 Å². The number of halogens is 1. The zero-order chi connectivity index (χ0) is 22.9. The second kappa shape index (κ2) is 9.05. The first-order valence-electron chi connectivity index (χ1n) is 11.0.